The van der Waals surface area contributed by atoms with Crippen molar-refractivity contribution in [2.75, 3.05) is 31.1 Å². The molecule has 96 valence electrons. The zero-order valence-electron chi connectivity index (χ0n) is 9.70. The maximum absolute atomic E-state index is 13.8. The van der Waals surface area contributed by atoms with Gasteiger partial charge in [-0.1, -0.05) is 0 Å². The Bertz CT molecular complexity index is 464. The van der Waals surface area contributed by atoms with E-state index in [0.717, 1.165) is 12.1 Å². The van der Waals surface area contributed by atoms with E-state index in [2.05, 4.69) is 0 Å². The Labute approximate surface area is 104 Å². The Hall–Kier alpha value is -1.71. The first-order valence-corrected chi connectivity index (χ1v) is 5.61. The van der Waals surface area contributed by atoms with Crippen LogP contribution in [0.15, 0.2) is 12.1 Å². The van der Waals surface area contributed by atoms with Gasteiger partial charge in [-0.05, 0) is 12.1 Å². The smallest absolute Gasteiger partial charge is 0.150 e. The van der Waals surface area contributed by atoms with E-state index < -0.39 is 11.6 Å². The molecule has 0 spiro atoms. The topological polar surface area (TPSA) is 62.3 Å². The van der Waals surface area contributed by atoms with Crippen molar-refractivity contribution in [2.45, 2.75) is 6.10 Å². The van der Waals surface area contributed by atoms with Crippen molar-refractivity contribution < 1.29 is 13.5 Å². The number of anilines is 1. The van der Waals surface area contributed by atoms with Gasteiger partial charge in [0.15, 0.2) is 11.6 Å². The van der Waals surface area contributed by atoms with Gasteiger partial charge in [0.2, 0.25) is 0 Å². The lowest BCUT2D eigenvalue weighted by molar-refractivity contribution is 0.0461. The molecule has 1 unspecified atom stereocenters. The minimum Gasteiger partial charge on any atom is -0.373 e. The van der Waals surface area contributed by atoms with Gasteiger partial charge >= 0.3 is 0 Å². The highest BCUT2D eigenvalue weighted by Gasteiger charge is 2.24. The van der Waals surface area contributed by atoms with Gasteiger partial charge in [0.05, 0.1) is 24.3 Å². The molecule has 0 saturated carbocycles. The maximum Gasteiger partial charge on any atom is 0.150 e. The molecule has 0 aromatic heterocycles. The minimum atomic E-state index is -0.732. The fourth-order valence-corrected chi connectivity index (χ4v) is 2.00. The van der Waals surface area contributed by atoms with Crippen LogP contribution in [0.3, 0.4) is 0 Å². The summed E-state index contributed by atoms with van der Waals surface area (Å²) >= 11 is 0. The van der Waals surface area contributed by atoms with Crippen LogP contribution >= 0.6 is 0 Å². The summed E-state index contributed by atoms with van der Waals surface area (Å²) in [6.45, 7) is 1.42. The summed E-state index contributed by atoms with van der Waals surface area (Å²) < 4.78 is 33.0. The molecular weight excluding hydrogens is 240 g/mol. The lowest BCUT2D eigenvalue weighted by Crippen LogP contribution is -2.46. The van der Waals surface area contributed by atoms with E-state index in [0.29, 0.717) is 26.2 Å². The number of nitrogens with two attached hydrogens (primary N) is 1. The van der Waals surface area contributed by atoms with Gasteiger partial charge in [-0.3, -0.25) is 0 Å². The van der Waals surface area contributed by atoms with E-state index in [1.165, 1.54) is 0 Å². The molecule has 1 aliphatic rings. The molecule has 1 saturated heterocycles. The molecule has 2 N–H and O–H groups in total. The molecule has 1 aliphatic heterocycles. The predicted molar refractivity (Wildman–Crippen MR) is 62.1 cm³/mol. The standard InChI is InChI=1S/C12H13F2N3O/c13-10-3-8(5-15)4-11(14)12(10)17-1-2-18-9(6-16)7-17/h3-4,9H,1-2,6-7,16H2. The first kappa shape index (κ1) is 12.7. The number of halogens is 2. The minimum absolute atomic E-state index is 0.0302. The number of hydrogen-bond donors (Lipinski definition) is 1. The van der Waals surface area contributed by atoms with Crippen LogP contribution in [0.2, 0.25) is 0 Å². The van der Waals surface area contributed by atoms with Crippen LogP contribution in [0.5, 0.6) is 0 Å². The van der Waals surface area contributed by atoms with Crippen molar-refractivity contribution in [3.63, 3.8) is 0 Å². The number of nitrogens with zero attached hydrogens (tertiary/aromatic N) is 2. The van der Waals surface area contributed by atoms with Crippen molar-refractivity contribution in [3.05, 3.63) is 29.3 Å². The molecule has 18 heavy (non-hydrogen) atoms. The molecule has 1 aromatic rings. The van der Waals surface area contributed by atoms with Gasteiger partial charge in [0, 0.05) is 19.6 Å². The highest BCUT2D eigenvalue weighted by atomic mass is 19.1. The Morgan fingerprint density at radius 1 is 1.44 bits per heavy atom. The van der Waals surface area contributed by atoms with E-state index in [1.807, 2.05) is 0 Å². The zero-order chi connectivity index (χ0) is 13.1. The normalized spacial score (nSPS) is 19.7. The second-order valence-corrected chi connectivity index (χ2v) is 4.07. The molecule has 1 fully saturated rings. The van der Waals surface area contributed by atoms with Gasteiger partial charge in [-0.25, -0.2) is 8.78 Å². The first-order valence-electron chi connectivity index (χ1n) is 5.61. The molecule has 0 radical (unpaired) electrons. The average molecular weight is 253 g/mol. The number of morpholine rings is 1. The summed E-state index contributed by atoms with van der Waals surface area (Å²) in [4.78, 5) is 1.56. The van der Waals surface area contributed by atoms with E-state index >= 15 is 0 Å². The fraction of sp³-hybridized carbons (Fsp3) is 0.417. The van der Waals surface area contributed by atoms with Gasteiger partial charge in [-0.15, -0.1) is 0 Å². The van der Waals surface area contributed by atoms with E-state index in [1.54, 1.807) is 11.0 Å². The number of hydrogen-bond acceptors (Lipinski definition) is 4. The van der Waals surface area contributed by atoms with Gasteiger partial charge in [-0.2, -0.15) is 5.26 Å². The van der Waals surface area contributed by atoms with Crippen LogP contribution in [0.4, 0.5) is 14.5 Å². The molecule has 2 rings (SSSR count). The summed E-state index contributed by atoms with van der Waals surface area (Å²) in [5.41, 5.74) is 5.34. The Morgan fingerprint density at radius 3 is 2.67 bits per heavy atom. The summed E-state index contributed by atoms with van der Waals surface area (Å²) in [5.74, 6) is -1.46. The maximum atomic E-state index is 13.8. The quantitative estimate of drug-likeness (QED) is 0.854. The summed E-state index contributed by atoms with van der Waals surface area (Å²) in [6.07, 6.45) is -0.229. The molecular formula is C12H13F2N3O. The number of rotatable bonds is 2. The van der Waals surface area contributed by atoms with Gasteiger partial charge in [0.1, 0.15) is 5.69 Å². The third-order valence-corrected chi connectivity index (χ3v) is 2.86. The number of nitriles is 1. The number of benzene rings is 1. The van der Waals surface area contributed by atoms with E-state index in [-0.39, 0.29) is 17.4 Å². The second-order valence-electron chi connectivity index (χ2n) is 4.07. The summed E-state index contributed by atoms with van der Waals surface area (Å²) in [7, 11) is 0. The molecule has 1 atom stereocenters. The number of ether oxygens (including phenoxy) is 1. The Morgan fingerprint density at radius 2 is 2.11 bits per heavy atom. The average Bonchev–Trinajstić information content (AvgIpc) is 2.38. The van der Waals surface area contributed by atoms with Crippen molar-refractivity contribution in [3.8, 4) is 6.07 Å². The van der Waals surface area contributed by atoms with E-state index in [4.69, 9.17) is 15.7 Å². The predicted octanol–water partition coefficient (Wildman–Crippen LogP) is 1.00. The molecule has 6 heteroatoms. The van der Waals surface area contributed by atoms with Crippen molar-refractivity contribution in [2.24, 2.45) is 5.73 Å². The van der Waals surface area contributed by atoms with Gasteiger partial charge in [0.25, 0.3) is 0 Å². The molecule has 0 bridgehead atoms. The highest BCUT2D eigenvalue weighted by molar-refractivity contribution is 5.53. The molecule has 1 aromatic carbocycles. The monoisotopic (exact) mass is 253 g/mol. The fourth-order valence-electron chi connectivity index (χ4n) is 2.00. The van der Waals surface area contributed by atoms with Crippen LogP contribution in [0.25, 0.3) is 0 Å². The molecule has 1 heterocycles. The third-order valence-electron chi connectivity index (χ3n) is 2.86. The SMILES string of the molecule is N#Cc1cc(F)c(N2CCOC(CN)C2)c(F)c1. The second kappa shape index (κ2) is 5.29. The summed E-state index contributed by atoms with van der Waals surface area (Å²) in [6, 6.07) is 3.78. The zero-order valence-corrected chi connectivity index (χ0v) is 9.70. The van der Waals surface area contributed by atoms with Crippen LogP contribution in [0.1, 0.15) is 5.56 Å². The van der Waals surface area contributed by atoms with Gasteiger partial charge < -0.3 is 15.4 Å². The molecule has 4 nitrogen and oxygen atoms in total. The highest BCUT2D eigenvalue weighted by Crippen LogP contribution is 2.26. The lowest BCUT2D eigenvalue weighted by Gasteiger charge is -2.34. The van der Waals surface area contributed by atoms with Crippen LogP contribution < -0.4 is 10.6 Å². The van der Waals surface area contributed by atoms with Crippen molar-refractivity contribution in [1.82, 2.24) is 0 Å². The molecule has 0 amide bonds. The van der Waals surface area contributed by atoms with E-state index in [9.17, 15) is 8.78 Å². The largest absolute Gasteiger partial charge is 0.373 e. The van der Waals surface area contributed by atoms with Crippen molar-refractivity contribution in [1.29, 1.82) is 5.26 Å². The van der Waals surface area contributed by atoms with Crippen molar-refractivity contribution >= 4 is 5.69 Å². The molecule has 0 aliphatic carbocycles. The summed E-state index contributed by atoms with van der Waals surface area (Å²) in [5, 5.41) is 8.63. The Kier molecular flexibility index (Phi) is 3.75. The van der Waals surface area contributed by atoms with Crippen LogP contribution in [-0.4, -0.2) is 32.3 Å². The van der Waals surface area contributed by atoms with Crippen LogP contribution in [0, 0.1) is 23.0 Å². The Balaban J connectivity index is 2.30. The van der Waals surface area contributed by atoms with Crippen LogP contribution in [-0.2, 0) is 4.74 Å². The lowest BCUT2D eigenvalue weighted by atomic mass is 10.1. The first-order chi connectivity index (χ1) is 8.65. The third kappa shape index (κ3) is 2.42.